The lowest BCUT2D eigenvalue weighted by Crippen LogP contribution is -2.29. The van der Waals surface area contributed by atoms with Gasteiger partial charge in [-0.2, -0.15) is 0 Å². The van der Waals surface area contributed by atoms with E-state index in [1.807, 2.05) is 30.4 Å². The van der Waals surface area contributed by atoms with E-state index in [9.17, 15) is 4.79 Å². The zero-order valence-electron chi connectivity index (χ0n) is 22.5. The molecule has 1 rings (SSSR count). The summed E-state index contributed by atoms with van der Waals surface area (Å²) in [6.45, 7) is 24.0. The Morgan fingerprint density at radius 2 is 1.89 bits per heavy atom. The SMILES string of the molecule is C=CC=CC(=C)C(OCCCN(CC)CCCC(=O)C=CC=C(C=C)C(C)(C)C)C1C=CC=CC1. The molecule has 0 aromatic heterocycles. The fourth-order valence-corrected chi connectivity index (χ4v) is 3.99. The maximum atomic E-state index is 12.2. The third-order valence-electron chi connectivity index (χ3n) is 6.12. The second-order valence-corrected chi connectivity index (χ2v) is 9.97. The maximum absolute atomic E-state index is 12.2. The quantitative estimate of drug-likeness (QED) is 0.123. The summed E-state index contributed by atoms with van der Waals surface area (Å²) >= 11 is 0. The van der Waals surface area contributed by atoms with E-state index in [4.69, 9.17) is 4.74 Å². The van der Waals surface area contributed by atoms with E-state index in [2.05, 4.69) is 76.6 Å². The molecule has 0 bridgehead atoms. The first-order valence-corrected chi connectivity index (χ1v) is 12.9. The molecule has 2 atom stereocenters. The number of nitrogens with zero attached hydrogens (tertiary/aromatic N) is 1. The van der Waals surface area contributed by atoms with E-state index in [0.717, 1.165) is 50.0 Å². The van der Waals surface area contributed by atoms with Gasteiger partial charge in [0, 0.05) is 25.5 Å². The molecule has 0 amide bonds. The van der Waals surface area contributed by atoms with Crippen molar-refractivity contribution in [2.24, 2.45) is 11.3 Å². The molecule has 192 valence electrons. The zero-order chi connectivity index (χ0) is 26.1. The Kier molecular flexibility index (Phi) is 14.9. The third-order valence-corrected chi connectivity index (χ3v) is 6.12. The molecule has 35 heavy (non-hydrogen) atoms. The first-order chi connectivity index (χ1) is 16.7. The largest absolute Gasteiger partial charge is 0.373 e. The van der Waals surface area contributed by atoms with E-state index < -0.39 is 0 Å². The second kappa shape index (κ2) is 17.0. The van der Waals surface area contributed by atoms with Crippen LogP contribution < -0.4 is 0 Å². The van der Waals surface area contributed by atoms with Gasteiger partial charge >= 0.3 is 0 Å². The fourth-order valence-electron chi connectivity index (χ4n) is 3.99. The number of ketones is 1. The van der Waals surface area contributed by atoms with Gasteiger partial charge in [-0.15, -0.1) is 0 Å². The minimum Gasteiger partial charge on any atom is -0.373 e. The monoisotopic (exact) mass is 477 g/mol. The van der Waals surface area contributed by atoms with E-state index in [-0.39, 0.29) is 17.3 Å². The molecule has 0 saturated carbocycles. The number of carbonyl (C=O) groups is 1. The van der Waals surface area contributed by atoms with Crippen LogP contribution in [0.4, 0.5) is 0 Å². The van der Waals surface area contributed by atoms with Gasteiger partial charge in [0.1, 0.15) is 0 Å². The number of carbonyl (C=O) groups excluding carboxylic acids is 1. The van der Waals surface area contributed by atoms with Crippen LogP contribution in [0.25, 0.3) is 0 Å². The number of ether oxygens (including phenoxy) is 1. The molecule has 1 aliphatic carbocycles. The summed E-state index contributed by atoms with van der Waals surface area (Å²) in [6, 6.07) is 0. The molecule has 0 N–H and O–H groups in total. The first kappa shape index (κ1) is 30.5. The lowest BCUT2D eigenvalue weighted by molar-refractivity contribution is -0.114. The molecule has 1 aliphatic rings. The Morgan fingerprint density at radius 3 is 2.49 bits per heavy atom. The van der Waals surface area contributed by atoms with Gasteiger partial charge in [-0.1, -0.05) is 108 Å². The molecule has 0 aromatic carbocycles. The highest BCUT2D eigenvalue weighted by molar-refractivity contribution is 5.89. The van der Waals surface area contributed by atoms with Gasteiger partial charge in [-0.25, -0.2) is 0 Å². The van der Waals surface area contributed by atoms with Crippen molar-refractivity contribution in [3.63, 3.8) is 0 Å². The number of rotatable bonds is 17. The maximum Gasteiger partial charge on any atom is 0.155 e. The Balaban J connectivity index is 2.44. The van der Waals surface area contributed by atoms with E-state index >= 15 is 0 Å². The van der Waals surface area contributed by atoms with Crippen LogP contribution in [0, 0.1) is 11.3 Å². The second-order valence-electron chi connectivity index (χ2n) is 9.97. The number of hydrogen-bond acceptors (Lipinski definition) is 3. The lowest BCUT2D eigenvalue weighted by Gasteiger charge is -2.27. The minimum atomic E-state index is -0.0270. The summed E-state index contributed by atoms with van der Waals surface area (Å²) in [5.41, 5.74) is 2.13. The molecule has 0 fully saturated rings. The molecule has 3 heteroatoms. The Bertz CT molecular complexity index is 832. The smallest absolute Gasteiger partial charge is 0.155 e. The molecular weight excluding hydrogens is 430 g/mol. The average Bonchev–Trinajstić information content (AvgIpc) is 2.83. The summed E-state index contributed by atoms with van der Waals surface area (Å²) in [5, 5.41) is 0. The predicted octanol–water partition coefficient (Wildman–Crippen LogP) is 7.58. The van der Waals surface area contributed by atoms with Gasteiger partial charge in [0.25, 0.3) is 0 Å². The van der Waals surface area contributed by atoms with Crippen LogP contribution in [0.15, 0.2) is 97.7 Å². The first-order valence-electron chi connectivity index (χ1n) is 12.9. The van der Waals surface area contributed by atoms with E-state index in [1.54, 1.807) is 12.2 Å². The average molecular weight is 478 g/mol. The van der Waals surface area contributed by atoms with Gasteiger partial charge in [-0.05, 0) is 55.0 Å². The van der Waals surface area contributed by atoms with Crippen LogP contribution >= 0.6 is 0 Å². The van der Waals surface area contributed by atoms with E-state index in [1.165, 1.54) is 0 Å². The molecular formula is C32H47NO2. The zero-order valence-corrected chi connectivity index (χ0v) is 22.5. The van der Waals surface area contributed by atoms with Crippen molar-refractivity contribution in [1.29, 1.82) is 0 Å². The third kappa shape index (κ3) is 12.7. The van der Waals surface area contributed by atoms with Crippen LogP contribution in [0.5, 0.6) is 0 Å². The van der Waals surface area contributed by atoms with Crippen LogP contribution in [-0.2, 0) is 9.53 Å². The summed E-state index contributed by atoms with van der Waals surface area (Å²) in [4.78, 5) is 14.6. The minimum absolute atomic E-state index is 0.0270. The summed E-state index contributed by atoms with van der Waals surface area (Å²) in [6.07, 6.45) is 24.9. The highest BCUT2D eigenvalue weighted by Crippen LogP contribution is 2.26. The highest BCUT2D eigenvalue weighted by Gasteiger charge is 2.21. The van der Waals surface area contributed by atoms with Crippen LogP contribution in [0.3, 0.4) is 0 Å². The fraction of sp³-hybridized carbons (Fsp3) is 0.469. The van der Waals surface area contributed by atoms with Gasteiger partial charge in [0.2, 0.25) is 0 Å². The highest BCUT2D eigenvalue weighted by atomic mass is 16.5. The van der Waals surface area contributed by atoms with Crippen molar-refractivity contribution < 1.29 is 9.53 Å². The van der Waals surface area contributed by atoms with Crippen LogP contribution in [0.2, 0.25) is 0 Å². The Hall–Kier alpha value is -2.49. The molecule has 2 unspecified atom stereocenters. The summed E-state index contributed by atoms with van der Waals surface area (Å²) in [5.74, 6) is 0.477. The van der Waals surface area contributed by atoms with Crippen molar-refractivity contribution in [1.82, 2.24) is 4.90 Å². The molecule has 0 radical (unpaired) electrons. The number of hydrogen-bond donors (Lipinski definition) is 0. The molecule has 0 saturated heterocycles. The molecule has 0 aliphatic heterocycles. The van der Waals surface area contributed by atoms with Crippen molar-refractivity contribution in [3.05, 3.63) is 97.7 Å². The predicted molar refractivity (Wildman–Crippen MR) is 152 cm³/mol. The van der Waals surface area contributed by atoms with Gasteiger partial charge in [0.15, 0.2) is 5.78 Å². The normalized spacial score (nSPS) is 17.4. The molecule has 3 nitrogen and oxygen atoms in total. The standard InChI is InChI=1S/C32H47NO2/c1-8-11-18-27(4)31(28-19-13-12-14-20-28)35-26-17-25-33(10-3)24-16-23-30(34)22-15-21-29(9-2)32(5,6)7/h8-9,11-15,18-19,21-22,28,31H,1-2,4,10,16-17,20,23-26H2,3,5-7H3. The molecule has 0 heterocycles. The van der Waals surface area contributed by atoms with Crippen molar-refractivity contribution in [3.8, 4) is 0 Å². The van der Waals surface area contributed by atoms with Gasteiger partial charge in [0.05, 0.1) is 6.10 Å². The van der Waals surface area contributed by atoms with Crippen molar-refractivity contribution in [2.45, 2.75) is 59.5 Å². The molecule has 0 spiro atoms. The molecule has 0 aromatic rings. The topological polar surface area (TPSA) is 29.5 Å². The van der Waals surface area contributed by atoms with Crippen molar-refractivity contribution in [2.75, 3.05) is 26.2 Å². The Morgan fingerprint density at radius 1 is 1.14 bits per heavy atom. The van der Waals surface area contributed by atoms with Crippen LogP contribution in [-0.4, -0.2) is 43.0 Å². The number of allylic oxidation sites excluding steroid dienone is 10. The van der Waals surface area contributed by atoms with Crippen LogP contribution in [0.1, 0.15) is 53.4 Å². The van der Waals surface area contributed by atoms with Gasteiger partial charge in [-0.3, -0.25) is 4.79 Å². The van der Waals surface area contributed by atoms with Gasteiger partial charge < -0.3 is 9.64 Å². The van der Waals surface area contributed by atoms with E-state index in [0.29, 0.717) is 18.9 Å². The summed E-state index contributed by atoms with van der Waals surface area (Å²) in [7, 11) is 0. The summed E-state index contributed by atoms with van der Waals surface area (Å²) < 4.78 is 6.30. The van der Waals surface area contributed by atoms with Crippen molar-refractivity contribution >= 4 is 5.78 Å². The lowest BCUT2D eigenvalue weighted by atomic mass is 9.86. The Labute approximate surface area is 215 Å².